The Labute approximate surface area is 143 Å². The van der Waals surface area contributed by atoms with Gasteiger partial charge >= 0.3 is 0 Å². The summed E-state index contributed by atoms with van der Waals surface area (Å²) in [5, 5.41) is 10.5. The Balaban J connectivity index is 1.74. The molecule has 0 amide bonds. The van der Waals surface area contributed by atoms with Crippen molar-refractivity contribution < 1.29 is 9.84 Å². The molecule has 2 heteroatoms. The van der Waals surface area contributed by atoms with E-state index in [-0.39, 0.29) is 0 Å². The topological polar surface area (TPSA) is 29.5 Å². The Morgan fingerprint density at radius 2 is 1.50 bits per heavy atom. The molecule has 0 heterocycles. The van der Waals surface area contributed by atoms with Crippen molar-refractivity contribution in [2.75, 3.05) is 0 Å². The van der Waals surface area contributed by atoms with Crippen LogP contribution in [0.2, 0.25) is 0 Å². The van der Waals surface area contributed by atoms with Crippen LogP contribution in [-0.4, -0.2) is 5.11 Å². The molecule has 1 N–H and O–H groups in total. The molecular weight excluding hydrogens is 296 g/mol. The predicted molar refractivity (Wildman–Crippen MR) is 97.2 cm³/mol. The molecule has 122 valence electrons. The van der Waals surface area contributed by atoms with E-state index in [0.717, 1.165) is 22.4 Å². The average Bonchev–Trinajstić information content (AvgIpc) is 2.62. The fourth-order valence-electron chi connectivity index (χ4n) is 2.76. The molecule has 0 saturated heterocycles. The molecule has 0 bridgehead atoms. The normalized spacial score (nSPS) is 12.0. The van der Waals surface area contributed by atoms with E-state index in [1.807, 2.05) is 67.6 Å². The number of hydrogen-bond donors (Lipinski definition) is 1. The Bertz CT molecular complexity index is 809. The summed E-state index contributed by atoms with van der Waals surface area (Å²) in [5.41, 5.74) is 5.21. The van der Waals surface area contributed by atoms with Gasteiger partial charge in [0.05, 0.1) is 0 Å². The van der Waals surface area contributed by atoms with E-state index in [9.17, 15) is 5.11 Å². The number of benzene rings is 3. The van der Waals surface area contributed by atoms with E-state index in [4.69, 9.17) is 4.74 Å². The largest absolute Gasteiger partial charge is 0.489 e. The molecule has 3 rings (SSSR count). The Hall–Kier alpha value is -2.58. The van der Waals surface area contributed by atoms with Gasteiger partial charge in [0, 0.05) is 0 Å². The van der Waals surface area contributed by atoms with Gasteiger partial charge in [0.15, 0.2) is 0 Å². The monoisotopic (exact) mass is 318 g/mol. The summed E-state index contributed by atoms with van der Waals surface area (Å²) in [5.74, 6) is 0.849. The zero-order valence-corrected chi connectivity index (χ0v) is 14.1. The molecule has 0 aromatic heterocycles. The van der Waals surface area contributed by atoms with E-state index in [1.54, 1.807) is 0 Å². The average molecular weight is 318 g/mol. The van der Waals surface area contributed by atoms with E-state index in [2.05, 4.69) is 19.1 Å². The Morgan fingerprint density at radius 1 is 0.792 bits per heavy atom. The molecule has 0 fully saturated rings. The maximum atomic E-state index is 10.5. The van der Waals surface area contributed by atoms with Crippen molar-refractivity contribution in [1.82, 2.24) is 0 Å². The van der Waals surface area contributed by atoms with Gasteiger partial charge in [-0.05, 0) is 53.8 Å². The van der Waals surface area contributed by atoms with Gasteiger partial charge in [0.1, 0.15) is 18.5 Å². The molecule has 1 unspecified atom stereocenters. The van der Waals surface area contributed by atoms with Crippen LogP contribution < -0.4 is 4.74 Å². The summed E-state index contributed by atoms with van der Waals surface area (Å²) >= 11 is 0. The van der Waals surface area contributed by atoms with Crippen molar-refractivity contribution >= 4 is 0 Å². The third-order valence-corrected chi connectivity index (χ3v) is 4.27. The number of ether oxygens (including phenoxy) is 1. The second-order valence-corrected chi connectivity index (χ2v) is 6.05. The molecule has 2 nitrogen and oxygen atoms in total. The SMILES string of the molecule is Cc1ccccc1COc1ccc(C(O)c2ccccc2)cc1C. The minimum atomic E-state index is -0.615. The zero-order valence-electron chi connectivity index (χ0n) is 14.1. The molecule has 0 saturated carbocycles. The zero-order chi connectivity index (χ0) is 16.9. The molecule has 3 aromatic carbocycles. The quantitative estimate of drug-likeness (QED) is 0.720. The molecule has 0 aliphatic rings. The van der Waals surface area contributed by atoms with Crippen LogP contribution in [0.5, 0.6) is 5.75 Å². The van der Waals surface area contributed by atoms with E-state index >= 15 is 0 Å². The molecule has 24 heavy (non-hydrogen) atoms. The third kappa shape index (κ3) is 3.66. The minimum absolute atomic E-state index is 0.550. The first-order valence-electron chi connectivity index (χ1n) is 8.16. The first kappa shape index (κ1) is 16.3. The van der Waals surface area contributed by atoms with Crippen molar-refractivity contribution in [3.05, 3.63) is 101 Å². The van der Waals surface area contributed by atoms with Crippen LogP contribution in [0.15, 0.2) is 72.8 Å². The van der Waals surface area contributed by atoms with Crippen LogP contribution in [0.3, 0.4) is 0 Å². The maximum Gasteiger partial charge on any atom is 0.122 e. The number of aliphatic hydroxyl groups excluding tert-OH is 1. The van der Waals surface area contributed by atoms with Crippen molar-refractivity contribution in [3.8, 4) is 5.75 Å². The first-order valence-corrected chi connectivity index (χ1v) is 8.16. The summed E-state index contributed by atoms with van der Waals surface area (Å²) < 4.78 is 5.96. The fourth-order valence-corrected chi connectivity index (χ4v) is 2.76. The van der Waals surface area contributed by atoms with Gasteiger partial charge in [-0.2, -0.15) is 0 Å². The maximum absolute atomic E-state index is 10.5. The van der Waals surface area contributed by atoms with Crippen LogP contribution >= 0.6 is 0 Å². The highest BCUT2D eigenvalue weighted by Gasteiger charge is 2.12. The second kappa shape index (κ2) is 7.33. The van der Waals surface area contributed by atoms with Gasteiger partial charge in [-0.15, -0.1) is 0 Å². The van der Waals surface area contributed by atoms with Crippen molar-refractivity contribution in [2.45, 2.75) is 26.6 Å². The Morgan fingerprint density at radius 3 is 2.21 bits per heavy atom. The summed E-state index contributed by atoms with van der Waals surface area (Å²) in [6, 6.07) is 23.8. The smallest absolute Gasteiger partial charge is 0.122 e. The Kier molecular flexibility index (Phi) is 4.97. The van der Waals surface area contributed by atoms with Crippen LogP contribution in [0, 0.1) is 13.8 Å². The summed E-state index contributed by atoms with van der Waals surface area (Å²) in [7, 11) is 0. The van der Waals surface area contributed by atoms with Gasteiger partial charge in [-0.1, -0.05) is 60.7 Å². The van der Waals surface area contributed by atoms with Crippen LogP contribution in [0.1, 0.15) is 33.9 Å². The summed E-state index contributed by atoms with van der Waals surface area (Å²) in [4.78, 5) is 0. The summed E-state index contributed by atoms with van der Waals surface area (Å²) in [6.45, 7) is 4.65. The molecule has 1 atom stereocenters. The summed E-state index contributed by atoms with van der Waals surface area (Å²) in [6.07, 6.45) is -0.615. The lowest BCUT2D eigenvalue weighted by atomic mass is 10.00. The molecule has 0 aliphatic carbocycles. The van der Waals surface area contributed by atoms with E-state index in [0.29, 0.717) is 6.61 Å². The van der Waals surface area contributed by atoms with Crippen molar-refractivity contribution in [1.29, 1.82) is 0 Å². The van der Waals surface area contributed by atoms with E-state index < -0.39 is 6.10 Å². The lowest BCUT2D eigenvalue weighted by molar-refractivity contribution is 0.220. The van der Waals surface area contributed by atoms with Crippen LogP contribution in [-0.2, 0) is 6.61 Å². The molecule has 0 aliphatic heterocycles. The van der Waals surface area contributed by atoms with E-state index in [1.165, 1.54) is 11.1 Å². The highest BCUT2D eigenvalue weighted by atomic mass is 16.5. The lowest BCUT2D eigenvalue weighted by Crippen LogP contribution is -2.02. The molecule has 3 aromatic rings. The second-order valence-electron chi connectivity index (χ2n) is 6.05. The van der Waals surface area contributed by atoms with Gasteiger partial charge < -0.3 is 9.84 Å². The van der Waals surface area contributed by atoms with Crippen molar-refractivity contribution in [3.63, 3.8) is 0 Å². The first-order chi connectivity index (χ1) is 11.6. The molecule has 0 spiro atoms. The molecular formula is C22H22O2. The number of aryl methyl sites for hydroxylation is 2. The highest BCUT2D eigenvalue weighted by molar-refractivity contribution is 5.40. The lowest BCUT2D eigenvalue weighted by Gasteiger charge is -2.15. The number of hydrogen-bond acceptors (Lipinski definition) is 2. The predicted octanol–water partition coefficient (Wildman–Crippen LogP) is 4.96. The number of rotatable bonds is 5. The van der Waals surface area contributed by atoms with Gasteiger partial charge in [0.2, 0.25) is 0 Å². The van der Waals surface area contributed by atoms with Gasteiger partial charge in [-0.25, -0.2) is 0 Å². The van der Waals surface area contributed by atoms with Gasteiger partial charge in [-0.3, -0.25) is 0 Å². The number of aliphatic hydroxyl groups is 1. The molecule has 0 radical (unpaired) electrons. The van der Waals surface area contributed by atoms with Crippen LogP contribution in [0.25, 0.3) is 0 Å². The third-order valence-electron chi connectivity index (χ3n) is 4.27. The van der Waals surface area contributed by atoms with Gasteiger partial charge in [0.25, 0.3) is 0 Å². The van der Waals surface area contributed by atoms with Crippen molar-refractivity contribution in [2.24, 2.45) is 0 Å². The highest BCUT2D eigenvalue weighted by Crippen LogP contribution is 2.27. The minimum Gasteiger partial charge on any atom is -0.489 e. The standard InChI is InChI=1S/C22H22O2/c1-16-8-6-7-11-20(16)15-24-21-13-12-19(14-17(21)2)22(23)18-9-4-3-5-10-18/h3-14,22-23H,15H2,1-2H3. The fraction of sp³-hybridized carbons (Fsp3) is 0.182. The van der Waals surface area contributed by atoms with Crippen LogP contribution in [0.4, 0.5) is 0 Å².